The number of carbonyl (C=O) groups excluding carboxylic acids is 1. The number of halogens is 4. The molecule has 1 N–H and O–H groups in total. The third-order valence-corrected chi connectivity index (χ3v) is 4.58. The minimum atomic E-state index is -4.50. The number of ether oxygens (including phenoxy) is 1. The number of hydrogen-bond acceptors (Lipinski definition) is 2. The van der Waals surface area contributed by atoms with E-state index in [0.717, 1.165) is 29.5 Å². The van der Waals surface area contributed by atoms with Gasteiger partial charge < -0.3 is 10.1 Å². The zero-order chi connectivity index (χ0) is 20.9. The van der Waals surface area contributed by atoms with Crippen LogP contribution in [0.5, 0.6) is 5.75 Å². The summed E-state index contributed by atoms with van der Waals surface area (Å²) in [7, 11) is 0. The zero-order valence-corrected chi connectivity index (χ0v) is 16.7. The minimum Gasteiger partial charge on any atom is -0.494 e. The molecule has 7 heteroatoms. The van der Waals surface area contributed by atoms with Gasteiger partial charge in [0.15, 0.2) is 0 Å². The highest BCUT2D eigenvalue weighted by Gasteiger charge is 2.31. The van der Waals surface area contributed by atoms with Crippen molar-refractivity contribution in [3.63, 3.8) is 0 Å². The van der Waals surface area contributed by atoms with E-state index in [1.165, 1.54) is 5.56 Å². The highest BCUT2D eigenvalue weighted by molar-refractivity contribution is 6.33. The Bertz CT molecular complexity index is 835. The van der Waals surface area contributed by atoms with Crippen LogP contribution in [0.15, 0.2) is 36.4 Å². The van der Waals surface area contributed by atoms with Crippen molar-refractivity contribution >= 4 is 23.2 Å². The zero-order valence-electron chi connectivity index (χ0n) is 16.0. The average Bonchev–Trinajstić information content (AvgIpc) is 2.59. The lowest BCUT2D eigenvalue weighted by atomic mass is 9.98. The summed E-state index contributed by atoms with van der Waals surface area (Å²) in [5, 5.41) is 2.48. The third-order valence-electron chi connectivity index (χ3n) is 4.25. The van der Waals surface area contributed by atoms with Crippen molar-refractivity contribution in [3.05, 3.63) is 58.1 Å². The lowest BCUT2D eigenvalue weighted by Gasteiger charge is -2.13. The first-order valence-corrected chi connectivity index (χ1v) is 9.35. The van der Waals surface area contributed by atoms with Crippen molar-refractivity contribution in [1.82, 2.24) is 0 Å². The molecule has 0 aliphatic rings. The Hall–Kier alpha value is -2.21. The van der Waals surface area contributed by atoms with Crippen molar-refractivity contribution in [2.24, 2.45) is 0 Å². The molecule has 0 radical (unpaired) electrons. The first-order valence-electron chi connectivity index (χ1n) is 8.98. The largest absolute Gasteiger partial charge is 0.494 e. The van der Waals surface area contributed by atoms with Gasteiger partial charge in [0.2, 0.25) is 5.91 Å². The molecule has 0 fully saturated rings. The molecule has 28 heavy (non-hydrogen) atoms. The van der Waals surface area contributed by atoms with Gasteiger partial charge in [0.05, 0.1) is 22.9 Å². The van der Waals surface area contributed by atoms with Crippen LogP contribution in [0.25, 0.3) is 0 Å². The maximum Gasteiger partial charge on any atom is 0.416 e. The molecule has 0 aliphatic carbocycles. The summed E-state index contributed by atoms with van der Waals surface area (Å²) in [5.74, 6) is 0.736. The van der Waals surface area contributed by atoms with Gasteiger partial charge in [0, 0.05) is 6.42 Å². The van der Waals surface area contributed by atoms with E-state index in [4.69, 9.17) is 16.3 Å². The Morgan fingerprint density at radius 3 is 2.50 bits per heavy atom. The molecule has 2 aromatic rings. The summed E-state index contributed by atoms with van der Waals surface area (Å²) < 4.78 is 44.0. The standard InChI is InChI=1S/C21H23ClF3NO2/c1-13(2)17-8-7-16(11-14(17)3)28-10-4-5-20(27)26-19-12-15(21(23,24)25)6-9-18(19)22/h6-9,11-13H,4-5,10H2,1-3H3,(H,26,27). The molecule has 2 rings (SSSR count). The van der Waals surface area contributed by atoms with Crippen LogP contribution >= 0.6 is 11.6 Å². The van der Waals surface area contributed by atoms with Crippen LogP contribution in [0, 0.1) is 6.92 Å². The van der Waals surface area contributed by atoms with E-state index in [1.54, 1.807) is 0 Å². The van der Waals surface area contributed by atoms with E-state index in [-0.39, 0.29) is 17.1 Å². The van der Waals surface area contributed by atoms with Crippen LogP contribution in [-0.4, -0.2) is 12.5 Å². The van der Waals surface area contributed by atoms with Gasteiger partial charge >= 0.3 is 6.18 Å². The number of nitrogens with one attached hydrogen (secondary N) is 1. The third kappa shape index (κ3) is 6.16. The number of alkyl halides is 3. The predicted octanol–water partition coefficient (Wildman–Crippen LogP) is 6.59. The van der Waals surface area contributed by atoms with E-state index in [2.05, 4.69) is 19.2 Å². The molecular formula is C21H23ClF3NO2. The number of amides is 1. The Balaban J connectivity index is 1.84. The van der Waals surface area contributed by atoms with E-state index in [1.807, 2.05) is 25.1 Å². The Morgan fingerprint density at radius 2 is 1.89 bits per heavy atom. The monoisotopic (exact) mass is 413 g/mol. The molecule has 0 atom stereocenters. The maximum atomic E-state index is 12.8. The Kier molecular flexibility index (Phi) is 7.35. The highest BCUT2D eigenvalue weighted by atomic mass is 35.5. The van der Waals surface area contributed by atoms with E-state index < -0.39 is 17.6 Å². The fourth-order valence-electron chi connectivity index (χ4n) is 2.82. The van der Waals surface area contributed by atoms with Crippen LogP contribution in [0.3, 0.4) is 0 Å². The predicted molar refractivity (Wildman–Crippen MR) is 105 cm³/mol. The van der Waals surface area contributed by atoms with Gasteiger partial charge in [-0.25, -0.2) is 0 Å². The summed E-state index contributed by atoms with van der Waals surface area (Å²) in [6.45, 7) is 6.59. The normalized spacial score (nSPS) is 11.6. The van der Waals surface area contributed by atoms with Crippen molar-refractivity contribution in [1.29, 1.82) is 0 Å². The molecule has 1 amide bonds. The molecule has 0 bridgehead atoms. The second kappa shape index (κ2) is 9.32. The molecule has 0 aromatic heterocycles. The Labute approximate surface area is 167 Å². The van der Waals surface area contributed by atoms with E-state index >= 15 is 0 Å². The van der Waals surface area contributed by atoms with Crippen LogP contribution in [0.1, 0.15) is 49.3 Å². The van der Waals surface area contributed by atoms with Crippen LogP contribution in [0.2, 0.25) is 5.02 Å². The van der Waals surface area contributed by atoms with Gasteiger partial charge in [-0.15, -0.1) is 0 Å². The summed E-state index contributed by atoms with van der Waals surface area (Å²) in [6, 6.07) is 8.70. The number of anilines is 1. The SMILES string of the molecule is Cc1cc(OCCCC(=O)Nc2cc(C(F)(F)F)ccc2Cl)ccc1C(C)C. The van der Waals surface area contributed by atoms with Crippen molar-refractivity contribution in [2.75, 3.05) is 11.9 Å². The fraction of sp³-hybridized carbons (Fsp3) is 0.381. The molecule has 0 spiro atoms. The van der Waals surface area contributed by atoms with Crippen LogP contribution < -0.4 is 10.1 Å². The molecular weight excluding hydrogens is 391 g/mol. The van der Waals surface area contributed by atoms with E-state index in [0.29, 0.717) is 18.9 Å². The van der Waals surface area contributed by atoms with Gasteiger partial charge in [0.25, 0.3) is 0 Å². The lowest BCUT2D eigenvalue weighted by molar-refractivity contribution is -0.137. The van der Waals surface area contributed by atoms with E-state index in [9.17, 15) is 18.0 Å². The first-order chi connectivity index (χ1) is 13.1. The molecule has 152 valence electrons. The second-order valence-electron chi connectivity index (χ2n) is 6.87. The molecule has 0 aliphatic heterocycles. The quantitative estimate of drug-likeness (QED) is 0.520. The van der Waals surface area contributed by atoms with Crippen molar-refractivity contribution < 1.29 is 22.7 Å². The highest BCUT2D eigenvalue weighted by Crippen LogP contribution is 2.33. The smallest absolute Gasteiger partial charge is 0.416 e. The number of carbonyl (C=O) groups is 1. The van der Waals surface area contributed by atoms with Crippen LogP contribution in [-0.2, 0) is 11.0 Å². The van der Waals surface area contributed by atoms with Crippen LogP contribution in [0.4, 0.5) is 18.9 Å². The topological polar surface area (TPSA) is 38.3 Å². The van der Waals surface area contributed by atoms with Crippen molar-refractivity contribution in [3.8, 4) is 5.75 Å². The van der Waals surface area contributed by atoms with Gasteiger partial charge in [0.1, 0.15) is 5.75 Å². The Morgan fingerprint density at radius 1 is 1.18 bits per heavy atom. The number of hydrogen-bond donors (Lipinski definition) is 1. The molecule has 2 aromatic carbocycles. The van der Waals surface area contributed by atoms with Crippen molar-refractivity contribution in [2.45, 2.75) is 45.7 Å². The lowest BCUT2D eigenvalue weighted by Crippen LogP contribution is -2.14. The number of rotatable bonds is 7. The summed E-state index contributed by atoms with van der Waals surface area (Å²) >= 11 is 5.87. The fourth-order valence-corrected chi connectivity index (χ4v) is 2.98. The number of aryl methyl sites for hydroxylation is 1. The molecule has 3 nitrogen and oxygen atoms in total. The molecule has 0 heterocycles. The van der Waals surface area contributed by atoms with Gasteiger partial charge in [-0.2, -0.15) is 13.2 Å². The minimum absolute atomic E-state index is 0.0534. The molecule has 0 unspecified atom stereocenters. The number of benzene rings is 2. The van der Waals surface area contributed by atoms with Gasteiger partial charge in [-0.1, -0.05) is 31.5 Å². The summed E-state index contributed by atoms with van der Waals surface area (Å²) in [5.41, 5.74) is 1.48. The maximum absolute atomic E-state index is 12.8. The van der Waals surface area contributed by atoms with Gasteiger partial charge in [-0.05, 0) is 60.7 Å². The molecule has 0 saturated heterocycles. The first kappa shape index (κ1) is 22.1. The molecule has 0 saturated carbocycles. The summed E-state index contributed by atoms with van der Waals surface area (Å²) in [4.78, 5) is 12.0. The summed E-state index contributed by atoms with van der Waals surface area (Å²) in [6.07, 6.45) is -3.97. The second-order valence-corrected chi connectivity index (χ2v) is 7.27. The average molecular weight is 414 g/mol. The van der Waals surface area contributed by atoms with Gasteiger partial charge in [-0.3, -0.25) is 4.79 Å².